The van der Waals surface area contributed by atoms with E-state index in [9.17, 15) is 0 Å². The number of aryl methyl sites for hydroxylation is 1. The summed E-state index contributed by atoms with van der Waals surface area (Å²) in [6, 6.07) is 2.16. The first-order valence-electron chi connectivity index (χ1n) is 6.20. The number of rotatable bonds is 5. The molecule has 1 aromatic rings. The number of hydrogen-bond donors (Lipinski definition) is 2. The number of methoxy groups -OCH3 is 1. The van der Waals surface area contributed by atoms with Crippen LogP contribution in [0.15, 0.2) is 12.3 Å². The second kappa shape index (κ2) is 5.16. The predicted octanol–water partition coefficient (Wildman–Crippen LogP) is 0.754. The Bertz CT molecular complexity index is 357. The molecule has 0 amide bonds. The molecule has 1 aliphatic rings. The van der Waals surface area contributed by atoms with Gasteiger partial charge in [-0.15, -0.1) is 0 Å². The Morgan fingerprint density at radius 1 is 1.59 bits per heavy atom. The maximum atomic E-state index is 5.75. The Kier molecular flexibility index (Phi) is 3.81. The summed E-state index contributed by atoms with van der Waals surface area (Å²) in [5, 5.41) is 4.40. The molecule has 5 heteroatoms. The minimum Gasteiger partial charge on any atom is -0.377 e. The van der Waals surface area contributed by atoms with Gasteiger partial charge in [-0.1, -0.05) is 12.8 Å². The second-order valence-electron chi connectivity index (χ2n) is 4.88. The first-order chi connectivity index (χ1) is 8.20. The van der Waals surface area contributed by atoms with Gasteiger partial charge in [0.05, 0.1) is 17.3 Å². The van der Waals surface area contributed by atoms with Crippen molar-refractivity contribution in [2.45, 2.75) is 43.7 Å². The van der Waals surface area contributed by atoms with E-state index < -0.39 is 0 Å². The van der Waals surface area contributed by atoms with Gasteiger partial charge >= 0.3 is 0 Å². The van der Waals surface area contributed by atoms with Crippen LogP contribution in [0.25, 0.3) is 0 Å². The van der Waals surface area contributed by atoms with Gasteiger partial charge in [0.2, 0.25) is 0 Å². The Morgan fingerprint density at radius 3 is 2.76 bits per heavy atom. The fraction of sp³-hybridized carbons (Fsp3) is 0.750. The standard InChI is InChI=1S/C12H22N4O/c1-16-8-5-10(15-16)9-11(14-13)12(17-2)6-3-4-7-12/h5,8,11,14H,3-4,6-7,9,13H2,1-2H3. The normalized spacial score (nSPS) is 20.6. The molecule has 0 aromatic carbocycles. The highest BCUT2D eigenvalue weighted by atomic mass is 16.5. The van der Waals surface area contributed by atoms with Crippen molar-refractivity contribution in [3.05, 3.63) is 18.0 Å². The zero-order valence-electron chi connectivity index (χ0n) is 10.6. The van der Waals surface area contributed by atoms with Crippen LogP contribution < -0.4 is 11.3 Å². The molecule has 0 saturated heterocycles. The number of nitrogens with one attached hydrogen (secondary N) is 1. The predicted molar refractivity (Wildman–Crippen MR) is 66.2 cm³/mol. The average Bonchev–Trinajstić information content (AvgIpc) is 2.95. The van der Waals surface area contributed by atoms with Crippen LogP contribution in [-0.2, 0) is 18.2 Å². The number of hydrazine groups is 1. The summed E-state index contributed by atoms with van der Waals surface area (Å²) in [6.07, 6.45) is 7.35. The summed E-state index contributed by atoms with van der Waals surface area (Å²) in [6.45, 7) is 0. The topological polar surface area (TPSA) is 65.1 Å². The van der Waals surface area contributed by atoms with Crippen LogP contribution in [-0.4, -0.2) is 28.5 Å². The number of hydrogen-bond acceptors (Lipinski definition) is 4. The van der Waals surface area contributed by atoms with E-state index in [0.29, 0.717) is 0 Å². The van der Waals surface area contributed by atoms with Crippen LogP contribution in [0.4, 0.5) is 0 Å². The van der Waals surface area contributed by atoms with Gasteiger partial charge in [0.25, 0.3) is 0 Å². The Balaban J connectivity index is 2.10. The van der Waals surface area contributed by atoms with Crippen molar-refractivity contribution in [1.29, 1.82) is 0 Å². The molecule has 0 spiro atoms. The molecule has 0 bridgehead atoms. The summed E-state index contributed by atoms with van der Waals surface area (Å²) in [7, 11) is 3.71. The average molecular weight is 238 g/mol. The quantitative estimate of drug-likeness (QED) is 0.587. The zero-order chi connectivity index (χ0) is 12.3. The largest absolute Gasteiger partial charge is 0.377 e. The number of aromatic nitrogens is 2. The monoisotopic (exact) mass is 238 g/mol. The van der Waals surface area contributed by atoms with Gasteiger partial charge in [0, 0.05) is 26.8 Å². The molecule has 5 nitrogen and oxygen atoms in total. The molecule has 1 fully saturated rings. The molecule has 3 N–H and O–H groups in total. The van der Waals surface area contributed by atoms with Crippen molar-refractivity contribution < 1.29 is 4.74 Å². The molecule has 0 radical (unpaired) electrons. The lowest BCUT2D eigenvalue weighted by Crippen LogP contribution is -2.54. The van der Waals surface area contributed by atoms with E-state index in [1.54, 1.807) is 7.11 Å². The third-order valence-electron chi connectivity index (χ3n) is 3.87. The van der Waals surface area contributed by atoms with Crippen molar-refractivity contribution in [3.63, 3.8) is 0 Å². The van der Waals surface area contributed by atoms with Gasteiger partial charge in [0.1, 0.15) is 0 Å². The van der Waals surface area contributed by atoms with Gasteiger partial charge in [-0.2, -0.15) is 5.10 Å². The third kappa shape index (κ3) is 2.51. The fourth-order valence-corrected chi connectivity index (χ4v) is 2.85. The third-order valence-corrected chi connectivity index (χ3v) is 3.87. The van der Waals surface area contributed by atoms with Crippen molar-refractivity contribution in [2.24, 2.45) is 12.9 Å². The maximum Gasteiger partial charge on any atom is 0.0848 e. The summed E-state index contributed by atoms with van der Waals surface area (Å²) in [5.74, 6) is 5.70. The molecule has 17 heavy (non-hydrogen) atoms. The molecule has 1 aromatic heterocycles. The highest BCUT2D eigenvalue weighted by Crippen LogP contribution is 2.36. The summed E-state index contributed by atoms with van der Waals surface area (Å²) < 4.78 is 7.57. The first-order valence-corrected chi connectivity index (χ1v) is 6.20. The molecular weight excluding hydrogens is 216 g/mol. The molecule has 0 aliphatic heterocycles. The highest BCUT2D eigenvalue weighted by Gasteiger charge is 2.41. The summed E-state index contributed by atoms with van der Waals surface area (Å²) in [4.78, 5) is 0. The van der Waals surface area contributed by atoms with E-state index >= 15 is 0 Å². The van der Waals surface area contributed by atoms with Crippen LogP contribution in [0.5, 0.6) is 0 Å². The van der Waals surface area contributed by atoms with Crippen LogP contribution in [0, 0.1) is 0 Å². The van der Waals surface area contributed by atoms with Crippen molar-refractivity contribution >= 4 is 0 Å². The second-order valence-corrected chi connectivity index (χ2v) is 4.88. The van der Waals surface area contributed by atoms with Crippen molar-refractivity contribution in [2.75, 3.05) is 7.11 Å². The van der Waals surface area contributed by atoms with Crippen molar-refractivity contribution in [1.82, 2.24) is 15.2 Å². The van der Waals surface area contributed by atoms with E-state index in [-0.39, 0.29) is 11.6 Å². The Labute approximate surface area is 102 Å². The zero-order valence-corrected chi connectivity index (χ0v) is 10.6. The molecule has 1 saturated carbocycles. The van der Waals surface area contributed by atoms with E-state index in [1.165, 1.54) is 12.8 Å². The van der Waals surface area contributed by atoms with Crippen LogP contribution >= 0.6 is 0 Å². The lowest BCUT2D eigenvalue weighted by molar-refractivity contribution is -0.0358. The van der Waals surface area contributed by atoms with Crippen molar-refractivity contribution in [3.8, 4) is 0 Å². The lowest BCUT2D eigenvalue weighted by atomic mass is 9.89. The minimum absolute atomic E-state index is 0.119. The molecule has 1 aliphatic carbocycles. The molecule has 1 heterocycles. The highest BCUT2D eigenvalue weighted by molar-refractivity contribution is 5.06. The van der Waals surface area contributed by atoms with Gasteiger partial charge < -0.3 is 4.74 Å². The first kappa shape index (κ1) is 12.5. The number of nitrogens with zero attached hydrogens (tertiary/aromatic N) is 2. The van der Waals surface area contributed by atoms with Gasteiger partial charge in [-0.05, 0) is 18.9 Å². The number of ether oxygens (including phenoxy) is 1. The van der Waals surface area contributed by atoms with Crippen LogP contribution in [0.1, 0.15) is 31.4 Å². The number of nitrogens with two attached hydrogens (primary N) is 1. The van der Waals surface area contributed by atoms with Gasteiger partial charge in [-0.25, -0.2) is 0 Å². The van der Waals surface area contributed by atoms with E-state index in [4.69, 9.17) is 10.6 Å². The molecule has 96 valence electrons. The molecule has 1 unspecified atom stereocenters. The fourth-order valence-electron chi connectivity index (χ4n) is 2.85. The molecular formula is C12H22N4O. The Hall–Kier alpha value is -0.910. The van der Waals surface area contributed by atoms with Gasteiger partial charge in [-0.3, -0.25) is 16.0 Å². The van der Waals surface area contributed by atoms with Crippen LogP contribution in [0.3, 0.4) is 0 Å². The van der Waals surface area contributed by atoms with E-state index in [0.717, 1.165) is 25.0 Å². The van der Waals surface area contributed by atoms with E-state index in [2.05, 4.69) is 10.5 Å². The van der Waals surface area contributed by atoms with E-state index in [1.807, 2.05) is 24.0 Å². The van der Waals surface area contributed by atoms with Crippen LogP contribution in [0.2, 0.25) is 0 Å². The SMILES string of the molecule is COC1(C(Cc2ccn(C)n2)NN)CCCC1. The van der Waals surface area contributed by atoms with Gasteiger partial charge in [0.15, 0.2) is 0 Å². The maximum absolute atomic E-state index is 5.75. The lowest BCUT2D eigenvalue weighted by Gasteiger charge is -2.35. The summed E-state index contributed by atoms with van der Waals surface area (Å²) >= 11 is 0. The minimum atomic E-state index is -0.119. The molecule has 2 rings (SSSR count). The molecule has 1 atom stereocenters. The Morgan fingerprint density at radius 2 is 2.29 bits per heavy atom. The smallest absolute Gasteiger partial charge is 0.0848 e. The summed E-state index contributed by atoms with van der Waals surface area (Å²) in [5.41, 5.74) is 3.85.